The lowest BCUT2D eigenvalue weighted by Gasteiger charge is -2.47. The molecule has 1 saturated heterocycles. The highest BCUT2D eigenvalue weighted by atomic mass is 32.2. The Bertz CT molecular complexity index is 1370. The zero-order chi connectivity index (χ0) is 33.4. The van der Waals surface area contributed by atoms with E-state index in [1.54, 1.807) is 36.9 Å². The van der Waals surface area contributed by atoms with Crippen LogP contribution in [0.4, 0.5) is 0 Å². The number of likely N-dealkylation sites (tertiary alicyclic amines) is 1. The van der Waals surface area contributed by atoms with Crippen molar-refractivity contribution in [3.63, 3.8) is 0 Å². The first-order valence-corrected chi connectivity index (χ1v) is 18.3. The highest BCUT2D eigenvalue weighted by molar-refractivity contribution is 7.99. The number of phenols is 1. The fourth-order valence-corrected chi connectivity index (χ4v) is 7.09. The van der Waals surface area contributed by atoms with E-state index < -0.39 is 22.3 Å². The van der Waals surface area contributed by atoms with Crippen LogP contribution in [0.3, 0.4) is 0 Å². The predicted molar refractivity (Wildman–Crippen MR) is 178 cm³/mol. The molecule has 1 aliphatic carbocycles. The van der Waals surface area contributed by atoms with Gasteiger partial charge >= 0.3 is 0 Å². The van der Waals surface area contributed by atoms with E-state index in [9.17, 15) is 28.2 Å². The van der Waals surface area contributed by atoms with Crippen molar-refractivity contribution in [1.29, 1.82) is 0 Å². The van der Waals surface area contributed by atoms with Crippen LogP contribution in [0.15, 0.2) is 53.4 Å². The summed E-state index contributed by atoms with van der Waals surface area (Å²) in [6, 6.07) is 13.9. The van der Waals surface area contributed by atoms with Crippen LogP contribution in [-0.4, -0.2) is 88.7 Å². The van der Waals surface area contributed by atoms with Crippen LogP contribution in [0.5, 0.6) is 5.75 Å². The third kappa shape index (κ3) is 12.2. The average Bonchev–Trinajstić information content (AvgIpc) is 2.95. The van der Waals surface area contributed by atoms with Crippen molar-refractivity contribution in [1.82, 2.24) is 15.5 Å². The zero-order valence-electron chi connectivity index (χ0n) is 26.9. The number of aliphatic hydroxyl groups is 1. The standard InChI is InChI=1S/C32H45N3O4S.CH4O3S/c1-21-25(15-10-16-28(21)36)30(38)33-26(20-40-24-13-6-5-7-14-24)29(37)19-35-18-23-12-9-8-11-22(23)17-27(35)31(39)34-32(2,3)4;1-5(2,3)4/h5-7,10,13-16,22-23,26-27,29,36-37H,8-9,11-12,17-20H2,1-4H3,(H,33,38)(H,34,39);1H3,(H,2,3,4)/t22-,23-,26-,27-,29+;/m0./s1. The molecule has 2 aromatic carbocycles. The number of β-amino-alcohol motifs (C(OH)–C–C–N with tert-alkyl or cyclic N) is 1. The number of aromatic hydroxyl groups is 1. The summed E-state index contributed by atoms with van der Waals surface area (Å²) in [7, 11) is -3.67. The molecular weight excluding hydrogens is 615 g/mol. The molecule has 2 amide bonds. The molecule has 1 aliphatic heterocycles. The van der Waals surface area contributed by atoms with Crippen LogP contribution in [0.2, 0.25) is 0 Å². The second kappa shape index (κ2) is 16.3. The monoisotopic (exact) mass is 663 g/mol. The first-order chi connectivity index (χ1) is 21.0. The van der Waals surface area contributed by atoms with E-state index in [2.05, 4.69) is 15.5 Å². The van der Waals surface area contributed by atoms with Crippen molar-refractivity contribution >= 4 is 33.7 Å². The Labute approximate surface area is 272 Å². The lowest BCUT2D eigenvalue weighted by molar-refractivity contribution is -0.132. The first-order valence-electron chi connectivity index (χ1n) is 15.5. The molecule has 45 heavy (non-hydrogen) atoms. The molecule has 0 radical (unpaired) electrons. The number of carbonyl (C=O) groups is 2. The molecule has 5 atom stereocenters. The largest absolute Gasteiger partial charge is 0.508 e. The van der Waals surface area contributed by atoms with Gasteiger partial charge in [-0.1, -0.05) is 43.5 Å². The summed E-state index contributed by atoms with van der Waals surface area (Å²) >= 11 is 1.57. The molecule has 5 N–H and O–H groups in total. The van der Waals surface area contributed by atoms with Gasteiger partial charge in [0.1, 0.15) is 5.75 Å². The molecule has 2 aliphatic rings. The van der Waals surface area contributed by atoms with E-state index in [4.69, 9.17) is 4.55 Å². The fourth-order valence-electron chi connectivity index (χ4n) is 6.06. The zero-order valence-corrected chi connectivity index (χ0v) is 28.5. The summed E-state index contributed by atoms with van der Waals surface area (Å²) in [6.45, 7) is 8.76. The molecule has 10 nitrogen and oxygen atoms in total. The summed E-state index contributed by atoms with van der Waals surface area (Å²) in [5.74, 6) is 1.27. The number of amides is 2. The lowest BCUT2D eigenvalue weighted by atomic mass is 9.72. The van der Waals surface area contributed by atoms with E-state index in [0.29, 0.717) is 41.5 Å². The van der Waals surface area contributed by atoms with Crippen LogP contribution >= 0.6 is 11.8 Å². The van der Waals surface area contributed by atoms with Gasteiger partial charge in [0.2, 0.25) is 5.91 Å². The summed E-state index contributed by atoms with van der Waals surface area (Å²) < 4.78 is 25.9. The van der Waals surface area contributed by atoms with Gasteiger partial charge in [-0.3, -0.25) is 19.0 Å². The van der Waals surface area contributed by atoms with E-state index in [1.165, 1.54) is 12.8 Å². The Morgan fingerprint density at radius 2 is 1.67 bits per heavy atom. The van der Waals surface area contributed by atoms with Gasteiger partial charge in [-0.2, -0.15) is 8.42 Å². The maximum atomic E-state index is 13.5. The number of thioether (sulfide) groups is 1. The van der Waals surface area contributed by atoms with Crippen LogP contribution in [0.1, 0.15) is 68.8 Å². The van der Waals surface area contributed by atoms with E-state index in [0.717, 1.165) is 30.7 Å². The van der Waals surface area contributed by atoms with E-state index in [-0.39, 0.29) is 29.1 Å². The van der Waals surface area contributed by atoms with Gasteiger partial charge in [-0.25, -0.2) is 0 Å². The summed E-state index contributed by atoms with van der Waals surface area (Å²) in [5, 5.41) is 28.0. The maximum Gasteiger partial charge on any atom is 0.261 e. The van der Waals surface area contributed by atoms with Crippen LogP contribution in [0.25, 0.3) is 0 Å². The highest BCUT2D eigenvalue weighted by Gasteiger charge is 2.41. The topological polar surface area (TPSA) is 156 Å². The van der Waals surface area contributed by atoms with Gasteiger partial charge < -0.3 is 20.8 Å². The molecule has 0 unspecified atom stereocenters. The van der Waals surface area contributed by atoms with Crippen molar-refractivity contribution in [3.05, 3.63) is 59.7 Å². The van der Waals surface area contributed by atoms with Crippen molar-refractivity contribution in [2.24, 2.45) is 11.8 Å². The third-order valence-corrected chi connectivity index (χ3v) is 9.36. The molecule has 0 aromatic heterocycles. The molecule has 0 spiro atoms. The number of rotatable bonds is 9. The fraction of sp³-hybridized carbons (Fsp3) is 0.576. The molecule has 250 valence electrons. The minimum Gasteiger partial charge on any atom is -0.508 e. The predicted octanol–water partition coefficient (Wildman–Crippen LogP) is 4.25. The van der Waals surface area contributed by atoms with Crippen molar-refractivity contribution in [2.75, 3.05) is 25.1 Å². The maximum absolute atomic E-state index is 13.5. The van der Waals surface area contributed by atoms with Gasteiger partial charge in [0.05, 0.1) is 24.4 Å². The Morgan fingerprint density at radius 1 is 1.04 bits per heavy atom. The number of benzene rings is 2. The molecule has 0 bridgehead atoms. The molecule has 4 rings (SSSR count). The Hall–Kier alpha value is -2.64. The molecule has 2 fully saturated rings. The second-order valence-corrected chi connectivity index (χ2v) is 15.8. The number of nitrogens with one attached hydrogen (secondary N) is 2. The van der Waals surface area contributed by atoms with Gasteiger partial charge in [0.15, 0.2) is 0 Å². The lowest BCUT2D eigenvalue weighted by Crippen LogP contribution is -2.60. The van der Waals surface area contributed by atoms with Gasteiger partial charge in [0, 0.05) is 40.4 Å². The van der Waals surface area contributed by atoms with Crippen molar-refractivity contribution in [3.8, 4) is 5.75 Å². The molecule has 1 heterocycles. The smallest absolute Gasteiger partial charge is 0.261 e. The normalized spacial score (nSPS) is 21.8. The molecule has 2 aromatic rings. The van der Waals surface area contributed by atoms with Crippen LogP contribution in [0, 0.1) is 18.8 Å². The minimum atomic E-state index is -3.67. The number of hydrogen-bond acceptors (Lipinski definition) is 8. The summed E-state index contributed by atoms with van der Waals surface area (Å²) in [4.78, 5) is 30.0. The first kappa shape index (κ1) is 36.8. The van der Waals surface area contributed by atoms with Crippen LogP contribution in [-0.2, 0) is 14.9 Å². The van der Waals surface area contributed by atoms with Gasteiger partial charge in [-0.15, -0.1) is 11.8 Å². The van der Waals surface area contributed by atoms with Crippen LogP contribution < -0.4 is 10.6 Å². The number of carbonyl (C=O) groups excluding carboxylic acids is 2. The van der Waals surface area contributed by atoms with Crippen molar-refractivity contribution in [2.45, 2.75) is 88.4 Å². The number of nitrogens with zero attached hydrogens (tertiary/aromatic N) is 1. The Kier molecular flexibility index (Phi) is 13.3. The Balaban J connectivity index is 0.00000102. The highest BCUT2D eigenvalue weighted by Crippen LogP contribution is 2.39. The number of aliphatic hydroxyl groups excluding tert-OH is 1. The van der Waals surface area contributed by atoms with Gasteiger partial charge in [0.25, 0.3) is 16.0 Å². The van der Waals surface area contributed by atoms with Crippen molar-refractivity contribution < 1.29 is 32.8 Å². The SMILES string of the molecule is CS(=O)(=O)O.Cc1c(O)cccc1C(=O)N[C@@H](CSc1ccccc1)[C@H](O)CN1C[C@@H]2CCCC[C@H]2C[C@H]1C(=O)NC(C)(C)C. The minimum absolute atomic E-state index is 0.0124. The molecule has 1 saturated carbocycles. The summed E-state index contributed by atoms with van der Waals surface area (Å²) in [6.07, 6.45) is 5.39. The number of phenolic OH excluding ortho intramolecular Hbond substituents is 1. The van der Waals surface area contributed by atoms with E-state index in [1.807, 2.05) is 51.1 Å². The number of hydrogen-bond donors (Lipinski definition) is 5. The quantitative estimate of drug-likeness (QED) is 0.196. The number of fused-ring (bicyclic) bond motifs is 1. The van der Waals surface area contributed by atoms with Gasteiger partial charge in [-0.05, 0) is 76.6 Å². The van der Waals surface area contributed by atoms with E-state index >= 15 is 0 Å². The third-order valence-electron chi connectivity index (χ3n) is 8.23. The summed E-state index contributed by atoms with van der Waals surface area (Å²) in [5.41, 5.74) is 0.543. The number of piperidine rings is 1. The average molecular weight is 664 g/mol. The molecular formula is C33H49N3O7S2. The Morgan fingerprint density at radius 3 is 2.29 bits per heavy atom. The molecule has 12 heteroatoms. The second-order valence-electron chi connectivity index (χ2n) is 13.2.